The van der Waals surface area contributed by atoms with E-state index in [4.69, 9.17) is 4.74 Å². The quantitative estimate of drug-likeness (QED) is 0.842. The number of methoxy groups -OCH3 is 1. The second-order valence-corrected chi connectivity index (χ2v) is 4.75. The fraction of sp³-hybridized carbons (Fsp3) is 0.294. The predicted octanol–water partition coefficient (Wildman–Crippen LogP) is 3.64. The van der Waals surface area contributed by atoms with E-state index < -0.39 is 0 Å². The number of hydrogen-bond donors (Lipinski definition) is 2. The smallest absolute Gasteiger partial charge is 0.120 e. The molecule has 2 N–H and O–H groups in total. The molecule has 20 heavy (non-hydrogen) atoms. The number of hydrogen-bond acceptors (Lipinski definition) is 3. The zero-order valence-electron chi connectivity index (χ0n) is 12.0. The third-order valence-electron chi connectivity index (χ3n) is 3.43. The Hall–Kier alpha value is -2.00. The molecule has 1 unspecified atom stereocenters. The first kappa shape index (κ1) is 14.4. The third-order valence-corrected chi connectivity index (χ3v) is 3.43. The lowest BCUT2D eigenvalue weighted by atomic mass is 10.0. The first-order valence-corrected chi connectivity index (χ1v) is 6.88. The van der Waals surface area contributed by atoms with Crippen LogP contribution in [-0.2, 0) is 6.54 Å². The summed E-state index contributed by atoms with van der Waals surface area (Å²) in [5.41, 5.74) is 2.14. The number of phenolic OH excluding ortho intramolecular Hbond substituents is 1. The van der Waals surface area contributed by atoms with E-state index >= 15 is 0 Å². The van der Waals surface area contributed by atoms with Crippen LogP contribution in [0, 0.1) is 0 Å². The highest BCUT2D eigenvalue weighted by atomic mass is 16.5. The molecule has 2 rings (SSSR count). The SMILES string of the molecule is CCC(NCc1ccc(OC)cc1)c1ccccc1O. The molecule has 1 atom stereocenters. The van der Waals surface area contributed by atoms with E-state index in [1.807, 2.05) is 42.5 Å². The molecular formula is C17H21NO2. The van der Waals surface area contributed by atoms with Crippen LogP contribution < -0.4 is 10.1 Å². The monoisotopic (exact) mass is 271 g/mol. The van der Waals surface area contributed by atoms with Gasteiger partial charge in [-0.05, 0) is 30.2 Å². The van der Waals surface area contributed by atoms with E-state index in [-0.39, 0.29) is 6.04 Å². The van der Waals surface area contributed by atoms with E-state index in [9.17, 15) is 5.11 Å². The fourth-order valence-corrected chi connectivity index (χ4v) is 2.24. The van der Waals surface area contributed by atoms with Gasteiger partial charge in [0.1, 0.15) is 11.5 Å². The summed E-state index contributed by atoms with van der Waals surface area (Å²) in [7, 11) is 1.67. The number of rotatable bonds is 6. The largest absolute Gasteiger partial charge is 0.508 e. The van der Waals surface area contributed by atoms with Gasteiger partial charge in [-0.1, -0.05) is 37.3 Å². The highest BCUT2D eigenvalue weighted by Gasteiger charge is 2.12. The number of benzene rings is 2. The molecule has 3 nitrogen and oxygen atoms in total. The van der Waals surface area contributed by atoms with E-state index in [2.05, 4.69) is 12.2 Å². The summed E-state index contributed by atoms with van der Waals surface area (Å²) in [4.78, 5) is 0. The normalized spacial score (nSPS) is 12.1. The Morgan fingerprint density at radius 3 is 2.40 bits per heavy atom. The van der Waals surface area contributed by atoms with Crippen LogP contribution in [0.5, 0.6) is 11.5 Å². The van der Waals surface area contributed by atoms with Gasteiger partial charge in [-0.2, -0.15) is 0 Å². The molecule has 0 amide bonds. The summed E-state index contributed by atoms with van der Waals surface area (Å²) >= 11 is 0. The van der Waals surface area contributed by atoms with Gasteiger partial charge in [0, 0.05) is 18.2 Å². The lowest BCUT2D eigenvalue weighted by molar-refractivity contribution is 0.414. The van der Waals surface area contributed by atoms with Gasteiger partial charge < -0.3 is 15.2 Å². The molecule has 106 valence electrons. The van der Waals surface area contributed by atoms with Crippen LogP contribution in [0.2, 0.25) is 0 Å². The molecule has 3 heteroatoms. The summed E-state index contributed by atoms with van der Waals surface area (Å²) in [5.74, 6) is 1.21. The number of ether oxygens (including phenoxy) is 1. The second-order valence-electron chi connectivity index (χ2n) is 4.75. The Morgan fingerprint density at radius 2 is 1.80 bits per heavy atom. The van der Waals surface area contributed by atoms with Crippen LogP contribution in [0.25, 0.3) is 0 Å². The van der Waals surface area contributed by atoms with Gasteiger partial charge in [-0.3, -0.25) is 0 Å². The minimum absolute atomic E-state index is 0.151. The van der Waals surface area contributed by atoms with Crippen LogP contribution in [0.1, 0.15) is 30.5 Å². The Labute approximate surface area is 120 Å². The average Bonchev–Trinajstić information content (AvgIpc) is 2.50. The maximum atomic E-state index is 9.92. The molecule has 0 bridgehead atoms. The Balaban J connectivity index is 2.02. The van der Waals surface area contributed by atoms with Gasteiger partial charge in [0.25, 0.3) is 0 Å². The molecule has 0 heterocycles. The van der Waals surface area contributed by atoms with Crippen molar-refractivity contribution in [2.75, 3.05) is 7.11 Å². The maximum absolute atomic E-state index is 9.92. The molecule has 0 aliphatic carbocycles. The summed E-state index contributed by atoms with van der Waals surface area (Å²) in [6.45, 7) is 2.87. The van der Waals surface area contributed by atoms with E-state index in [0.717, 1.165) is 24.3 Å². The van der Waals surface area contributed by atoms with Gasteiger partial charge >= 0.3 is 0 Å². The molecule has 0 radical (unpaired) electrons. The lowest BCUT2D eigenvalue weighted by Gasteiger charge is -2.18. The van der Waals surface area contributed by atoms with Gasteiger partial charge in [0.05, 0.1) is 7.11 Å². The summed E-state index contributed by atoms with van der Waals surface area (Å²) in [6, 6.07) is 15.6. The maximum Gasteiger partial charge on any atom is 0.120 e. The number of nitrogens with one attached hydrogen (secondary N) is 1. The topological polar surface area (TPSA) is 41.5 Å². The molecule has 2 aromatic carbocycles. The fourth-order valence-electron chi connectivity index (χ4n) is 2.24. The zero-order chi connectivity index (χ0) is 14.4. The van der Waals surface area contributed by atoms with E-state index in [0.29, 0.717) is 5.75 Å². The van der Waals surface area contributed by atoms with Crippen LogP contribution in [0.15, 0.2) is 48.5 Å². The molecule has 0 saturated heterocycles. The van der Waals surface area contributed by atoms with Crippen molar-refractivity contribution >= 4 is 0 Å². The second kappa shape index (κ2) is 6.96. The molecule has 0 aliphatic rings. The minimum atomic E-state index is 0.151. The Kier molecular flexibility index (Phi) is 5.02. The standard InChI is InChI=1S/C17H21NO2/c1-3-16(15-6-4-5-7-17(15)19)18-12-13-8-10-14(20-2)11-9-13/h4-11,16,18-19H,3,12H2,1-2H3. The predicted molar refractivity (Wildman–Crippen MR) is 81.0 cm³/mol. The molecule has 0 fully saturated rings. The van der Waals surface area contributed by atoms with Crippen molar-refractivity contribution in [3.63, 3.8) is 0 Å². The highest BCUT2D eigenvalue weighted by Crippen LogP contribution is 2.26. The average molecular weight is 271 g/mol. The number of phenols is 1. The van der Waals surface area contributed by atoms with Crippen LogP contribution in [0.3, 0.4) is 0 Å². The first-order chi connectivity index (χ1) is 9.74. The Morgan fingerprint density at radius 1 is 1.10 bits per heavy atom. The molecule has 0 aliphatic heterocycles. The van der Waals surface area contributed by atoms with Crippen molar-refractivity contribution in [1.82, 2.24) is 5.32 Å². The molecule has 0 spiro atoms. The summed E-state index contributed by atoms with van der Waals surface area (Å²) in [5, 5.41) is 13.4. The summed E-state index contributed by atoms with van der Waals surface area (Å²) in [6.07, 6.45) is 0.924. The zero-order valence-corrected chi connectivity index (χ0v) is 12.0. The van der Waals surface area contributed by atoms with Crippen molar-refractivity contribution in [3.8, 4) is 11.5 Å². The molecule has 0 aromatic heterocycles. The Bertz CT molecular complexity index is 537. The highest BCUT2D eigenvalue weighted by molar-refractivity contribution is 5.34. The first-order valence-electron chi connectivity index (χ1n) is 6.88. The van der Waals surface area contributed by atoms with Gasteiger partial charge in [-0.25, -0.2) is 0 Å². The summed E-state index contributed by atoms with van der Waals surface area (Å²) < 4.78 is 5.15. The van der Waals surface area contributed by atoms with Gasteiger partial charge in [-0.15, -0.1) is 0 Å². The third kappa shape index (κ3) is 3.52. The van der Waals surface area contributed by atoms with Crippen LogP contribution >= 0.6 is 0 Å². The van der Waals surface area contributed by atoms with Crippen molar-refractivity contribution in [2.45, 2.75) is 25.9 Å². The molecule has 2 aromatic rings. The number of aromatic hydroxyl groups is 1. The van der Waals surface area contributed by atoms with Crippen molar-refractivity contribution in [3.05, 3.63) is 59.7 Å². The number of para-hydroxylation sites is 1. The van der Waals surface area contributed by atoms with Crippen LogP contribution in [0.4, 0.5) is 0 Å². The van der Waals surface area contributed by atoms with Crippen molar-refractivity contribution < 1.29 is 9.84 Å². The van der Waals surface area contributed by atoms with E-state index in [1.54, 1.807) is 13.2 Å². The lowest BCUT2D eigenvalue weighted by Crippen LogP contribution is -2.20. The van der Waals surface area contributed by atoms with E-state index in [1.165, 1.54) is 5.56 Å². The van der Waals surface area contributed by atoms with Crippen LogP contribution in [-0.4, -0.2) is 12.2 Å². The molecular weight excluding hydrogens is 250 g/mol. The van der Waals surface area contributed by atoms with Crippen molar-refractivity contribution in [2.24, 2.45) is 0 Å². The van der Waals surface area contributed by atoms with Gasteiger partial charge in [0.15, 0.2) is 0 Å². The minimum Gasteiger partial charge on any atom is -0.508 e. The molecule has 0 saturated carbocycles. The van der Waals surface area contributed by atoms with Crippen molar-refractivity contribution in [1.29, 1.82) is 0 Å². The van der Waals surface area contributed by atoms with Gasteiger partial charge in [0.2, 0.25) is 0 Å².